The van der Waals surface area contributed by atoms with E-state index < -0.39 is 15.7 Å². The summed E-state index contributed by atoms with van der Waals surface area (Å²) < 4.78 is 28.3. The van der Waals surface area contributed by atoms with Crippen molar-refractivity contribution in [2.45, 2.75) is 32.4 Å². The van der Waals surface area contributed by atoms with Gasteiger partial charge >= 0.3 is 0 Å². The Labute approximate surface area is 115 Å². The molecule has 19 heavy (non-hydrogen) atoms. The van der Waals surface area contributed by atoms with E-state index in [2.05, 4.69) is 4.72 Å². The third-order valence-electron chi connectivity index (χ3n) is 3.19. The minimum atomic E-state index is -3.65. The highest BCUT2D eigenvalue weighted by atomic mass is 32.2. The quantitative estimate of drug-likeness (QED) is 0.822. The Kier molecular flexibility index (Phi) is 5.09. The Morgan fingerprint density at radius 2 is 1.84 bits per heavy atom. The smallest absolute Gasteiger partial charge is 0.280 e. The van der Waals surface area contributed by atoms with Gasteiger partial charge in [-0.05, 0) is 26.3 Å². The minimum absolute atomic E-state index is 0.156. The summed E-state index contributed by atoms with van der Waals surface area (Å²) in [4.78, 5) is 0. The summed E-state index contributed by atoms with van der Waals surface area (Å²) in [6, 6.07) is 8.88. The van der Waals surface area contributed by atoms with Crippen LogP contribution in [0.1, 0.15) is 26.3 Å². The zero-order valence-electron chi connectivity index (χ0n) is 11.8. The fourth-order valence-electron chi connectivity index (χ4n) is 1.62. The van der Waals surface area contributed by atoms with Gasteiger partial charge in [-0.3, -0.25) is 0 Å². The normalized spacial score (nSPS) is 15.7. The van der Waals surface area contributed by atoms with E-state index in [-0.39, 0.29) is 12.6 Å². The Morgan fingerprint density at radius 3 is 2.26 bits per heavy atom. The highest BCUT2D eigenvalue weighted by Gasteiger charge is 2.33. The second kappa shape index (κ2) is 6.00. The van der Waals surface area contributed by atoms with Crippen molar-refractivity contribution in [2.75, 3.05) is 13.7 Å². The molecule has 1 aromatic rings. The molecule has 0 aliphatic heterocycles. The lowest BCUT2D eigenvalue weighted by Gasteiger charge is -2.32. The van der Waals surface area contributed by atoms with Crippen molar-refractivity contribution in [3.63, 3.8) is 0 Å². The molecule has 108 valence electrons. The molecule has 2 N–H and O–H groups in total. The van der Waals surface area contributed by atoms with Gasteiger partial charge < -0.3 is 5.11 Å². The summed E-state index contributed by atoms with van der Waals surface area (Å²) in [6.45, 7) is 4.92. The summed E-state index contributed by atoms with van der Waals surface area (Å²) >= 11 is 0. The molecule has 5 nitrogen and oxygen atoms in total. The maximum atomic E-state index is 12.2. The van der Waals surface area contributed by atoms with E-state index >= 15 is 0 Å². The van der Waals surface area contributed by atoms with Crippen LogP contribution in [0.25, 0.3) is 0 Å². The summed E-state index contributed by atoms with van der Waals surface area (Å²) in [7, 11) is -2.14. The van der Waals surface area contributed by atoms with E-state index in [1.54, 1.807) is 32.9 Å². The van der Waals surface area contributed by atoms with Crippen molar-refractivity contribution in [3.05, 3.63) is 35.9 Å². The van der Waals surface area contributed by atoms with Crippen LogP contribution in [0.3, 0.4) is 0 Å². The fraction of sp³-hybridized carbons (Fsp3) is 0.538. The Hall–Kier alpha value is -0.950. The SMILES string of the molecule is CC(C)N(C)S(=O)(=O)NC(C)(CO)c1ccccc1. The molecule has 0 fully saturated rings. The van der Waals surface area contributed by atoms with Gasteiger partial charge in [0.1, 0.15) is 0 Å². The van der Waals surface area contributed by atoms with E-state index in [9.17, 15) is 13.5 Å². The van der Waals surface area contributed by atoms with Crippen molar-refractivity contribution in [1.29, 1.82) is 0 Å². The van der Waals surface area contributed by atoms with Crippen LogP contribution in [0.2, 0.25) is 0 Å². The monoisotopic (exact) mass is 286 g/mol. The summed E-state index contributed by atoms with van der Waals surface area (Å²) in [5, 5.41) is 9.58. The zero-order valence-corrected chi connectivity index (χ0v) is 12.6. The van der Waals surface area contributed by atoms with Crippen LogP contribution < -0.4 is 4.72 Å². The largest absolute Gasteiger partial charge is 0.394 e. The molecule has 6 heteroatoms. The number of rotatable bonds is 6. The summed E-state index contributed by atoms with van der Waals surface area (Å²) in [5.41, 5.74) is -0.318. The number of benzene rings is 1. The number of nitrogens with zero attached hydrogens (tertiary/aromatic N) is 1. The van der Waals surface area contributed by atoms with Crippen molar-refractivity contribution in [3.8, 4) is 0 Å². The maximum absolute atomic E-state index is 12.2. The van der Waals surface area contributed by atoms with E-state index in [1.807, 2.05) is 18.2 Å². The zero-order chi connectivity index (χ0) is 14.7. The predicted molar refractivity (Wildman–Crippen MR) is 75.8 cm³/mol. The second-order valence-electron chi connectivity index (χ2n) is 5.07. The molecule has 0 radical (unpaired) electrons. The van der Waals surface area contributed by atoms with E-state index in [0.717, 1.165) is 5.56 Å². The Balaban J connectivity index is 3.07. The first-order valence-electron chi connectivity index (χ1n) is 6.16. The van der Waals surface area contributed by atoms with E-state index in [4.69, 9.17) is 0 Å². The first kappa shape index (κ1) is 16.1. The van der Waals surface area contributed by atoms with Gasteiger partial charge in [0, 0.05) is 13.1 Å². The number of hydrogen-bond acceptors (Lipinski definition) is 3. The fourth-order valence-corrected chi connectivity index (χ4v) is 3.07. The molecule has 0 bridgehead atoms. The first-order chi connectivity index (χ1) is 8.73. The highest BCUT2D eigenvalue weighted by molar-refractivity contribution is 7.87. The number of aliphatic hydroxyl groups excluding tert-OH is 1. The van der Waals surface area contributed by atoms with Gasteiger partial charge in [0.15, 0.2) is 0 Å². The first-order valence-corrected chi connectivity index (χ1v) is 7.60. The van der Waals surface area contributed by atoms with Gasteiger partial charge in [-0.2, -0.15) is 17.4 Å². The van der Waals surface area contributed by atoms with E-state index in [1.165, 1.54) is 11.4 Å². The highest BCUT2D eigenvalue weighted by Crippen LogP contribution is 2.21. The molecule has 0 saturated heterocycles. The van der Waals surface area contributed by atoms with Crippen molar-refractivity contribution < 1.29 is 13.5 Å². The number of aliphatic hydroxyl groups is 1. The molecule has 1 rings (SSSR count). The lowest BCUT2D eigenvalue weighted by Crippen LogP contribution is -2.52. The predicted octanol–water partition coefficient (Wildman–Crippen LogP) is 1.07. The van der Waals surface area contributed by atoms with Crippen LogP contribution in [0.5, 0.6) is 0 Å². The number of nitrogens with one attached hydrogen (secondary N) is 1. The lowest BCUT2D eigenvalue weighted by atomic mass is 9.94. The Bertz CT molecular complexity index is 502. The third-order valence-corrected chi connectivity index (χ3v) is 5.08. The lowest BCUT2D eigenvalue weighted by molar-refractivity contribution is 0.193. The van der Waals surface area contributed by atoms with Gasteiger partial charge in [-0.15, -0.1) is 0 Å². The number of hydrogen-bond donors (Lipinski definition) is 2. The van der Waals surface area contributed by atoms with Crippen LogP contribution in [0, 0.1) is 0 Å². The molecule has 0 heterocycles. The van der Waals surface area contributed by atoms with Gasteiger partial charge in [0.25, 0.3) is 10.2 Å². The Morgan fingerprint density at radius 1 is 1.32 bits per heavy atom. The molecular formula is C13H22N2O3S. The molecule has 0 aromatic heterocycles. The molecule has 0 spiro atoms. The minimum Gasteiger partial charge on any atom is -0.394 e. The van der Waals surface area contributed by atoms with Crippen LogP contribution in [0.15, 0.2) is 30.3 Å². The molecule has 0 saturated carbocycles. The third kappa shape index (κ3) is 3.76. The van der Waals surface area contributed by atoms with Gasteiger partial charge in [-0.1, -0.05) is 30.3 Å². The van der Waals surface area contributed by atoms with Crippen LogP contribution in [-0.4, -0.2) is 37.5 Å². The maximum Gasteiger partial charge on any atom is 0.280 e. The van der Waals surface area contributed by atoms with Crippen molar-refractivity contribution in [2.24, 2.45) is 0 Å². The average Bonchev–Trinajstić information content (AvgIpc) is 2.38. The van der Waals surface area contributed by atoms with Crippen LogP contribution >= 0.6 is 0 Å². The van der Waals surface area contributed by atoms with Crippen LogP contribution in [0.4, 0.5) is 0 Å². The van der Waals surface area contributed by atoms with Gasteiger partial charge in [0.2, 0.25) is 0 Å². The van der Waals surface area contributed by atoms with E-state index in [0.29, 0.717) is 0 Å². The van der Waals surface area contributed by atoms with Gasteiger partial charge in [0.05, 0.1) is 12.1 Å². The van der Waals surface area contributed by atoms with Gasteiger partial charge in [-0.25, -0.2) is 0 Å². The molecule has 0 amide bonds. The molecule has 0 aliphatic rings. The average molecular weight is 286 g/mol. The molecule has 1 unspecified atom stereocenters. The van der Waals surface area contributed by atoms with Crippen molar-refractivity contribution >= 4 is 10.2 Å². The van der Waals surface area contributed by atoms with Crippen LogP contribution in [-0.2, 0) is 15.7 Å². The van der Waals surface area contributed by atoms with Crippen molar-refractivity contribution in [1.82, 2.24) is 9.03 Å². The topological polar surface area (TPSA) is 69.6 Å². The molecule has 1 aromatic carbocycles. The summed E-state index contributed by atoms with van der Waals surface area (Å²) in [6.07, 6.45) is 0. The molecule has 0 aliphatic carbocycles. The second-order valence-corrected chi connectivity index (χ2v) is 6.80. The summed E-state index contributed by atoms with van der Waals surface area (Å²) in [5.74, 6) is 0. The standard InChI is InChI=1S/C13H22N2O3S/c1-11(2)15(4)19(17,18)14-13(3,10-16)12-8-6-5-7-9-12/h5-9,11,14,16H,10H2,1-4H3. The molecular weight excluding hydrogens is 264 g/mol. The molecule has 1 atom stereocenters.